The molecule has 0 radical (unpaired) electrons. The van der Waals surface area contributed by atoms with Crippen LogP contribution >= 0.6 is 11.3 Å². The van der Waals surface area contributed by atoms with E-state index in [4.69, 9.17) is 4.52 Å². The summed E-state index contributed by atoms with van der Waals surface area (Å²) in [7, 11) is 1.88. The Bertz CT molecular complexity index is 964. The molecule has 8 heteroatoms. The molecule has 1 unspecified atom stereocenters. The molecule has 0 saturated heterocycles. The van der Waals surface area contributed by atoms with Gasteiger partial charge in [-0.15, -0.1) is 11.3 Å². The van der Waals surface area contributed by atoms with Crippen molar-refractivity contribution in [3.8, 4) is 0 Å². The van der Waals surface area contributed by atoms with Crippen LogP contribution in [0.2, 0.25) is 0 Å². The summed E-state index contributed by atoms with van der Waals surface area (Å²) in [6.07, 6.45) is 4.92. The molecule has 0 spiro atoms. The molecule has 0 aliphatic heterocycles. The van der Waals surface area contributed by atoms with Crippen LogP contribution in [0.15, 0.2) is 16.9 Å². The van der Waals surface area contributed by atoms with E-state index in [-0.39, 0.29) is 12.5 Å². The number of nitrogens with zero attached hydrogens (tertiary/aromatic N) is 4. The Morgan fingerprint density at radius 3 is 3.08 bits per heavy atom. The second-order valence-electron chi connectivity index (χ2n) is 6.96. The molecule has 1 aliphatic carbocycles. The van der Waals surface area contributed by atoms with E-state index >= 15 is 0 Å². The highest BCUT2D eigenvalue weighted by Gasteiger charge is 2.24. The predicted octanol–water partition coefficient (Wildman–Crippen LogP) is 3.19. The molecular formula is C18H21N5O2S. The van der Waals surface area contributed by atoms with Crippen LogP contribution in [0, 0.1) is 12.8 Å². The molecule has 26 heavy (non-hydrogen) atoms. The molecule has 136 valence electrons. The minimum absolute atomic E-state index is 0.162. The number of carbonyl (C=O) groups is 1. The monoisotopic (exact) mass is 371 g/mol. The van der Waals surface area contributed by atoms with Gasteiger partial charge in [-0.25, -0.2) is 9.97 Å². The fraction of sp³-hybridized carbons (Fsp3) is 0.444. The number of hydrogen-bond donors (Lipinski definition) is 1. The molecule has 1 amide bonds. The molecule has 0 fully saturated rings. The first kappa shape index (κ1) is 17.0. The summed E-state index contributed by atoms with van der Waals surface area (Å²) in [4.78, 5) is 25.6. The van der Waals surface area contributed by atoms with E-state index in [0.717, 1.165) is 28.9 Å². The SMILES string of the molecule is Cc1cc(NC(=O)CN(C)c2ncnc3sc4c(c23)CCC(C)C4)no1. The number of fused-ring (bicyclic) bond motifs is 3. The quantitative estimate of drug-likeness (QED) is 0.758. The maximum atomic E-state index is 12.3. The van der Waals surface area contributed by atoms with Gasteiger partial charge in [0.15, 0.2) is 5.82 Å². The Morgan fingerprint density at radius 1 is 1.46 bits per heavy atom. The van der Waals surface area contributed by atoms with Crippen molar-refractivity contribution in [2.45, 2.75) is 33.1 Å². The largest absolute Gasteiger partial charge is 0.360 e. The van der Waals surface area contributed by atoms with Gasteiger partial charge in [-0.1, -0.05) is 12.1 Å². The maximum absolute atomic E-state index is 12.3. The van der Waals surface area contributed by atoms with Crippen molar-refractivity contribution in [2.24, 2.45) is 5.92 Å². The Labute approximate surface area is 155 Å². The minimum Gasteiger partial charge on any atom is -0.360 e. The fourth-order valence-corrected chi connectivity index (χ4v) is 4.79. The first-order chi connectivity index (χ1) is 12.5. The van der Waals surface area contributed by atoms with E-state index in [1.165, 1.54) is 16.9 Å². The van der Waals surface area contributed by atoms with Crippen LogP contribution < -0.4 is 10.2 Å². The Hall–Kier alpha value is -2.48. The van der Waals surface area contributed by atoms with Crippen molar-refractivity contribution in [3.63, 3.8) is 0 Å². The number of carbonyl (C=O) groups excluding carboxylic acids is 1. The fourth-order valence-electron chi connectivity index (χ4n) is 3.45. The third-order valence-corrected chi connectivity index (χ3v) is 5.87. The van der Waals surface area contributed by atoms with Crippen molar-refractivity contribution in [1.82, 2.24) is 15.1 Å². The molecule has 3 aromatic heterocycles. The molecule has 4 rings (SSSR count). The summed E-state index contributed by atoms with van der Waals surface area (Å²) >= 11 is 1.76. The lowest BCUT2D eigenvalue weighted by Gasteiger charge is -2.21. The number of likely N-dealkylation sites (N-methyl/N-ethyl adjacent to an activating group) is 1. The molecule has 0 aromatic carbocycles. The number of anilines is 2. The lowest BCUT2D eigenvalue weighted by Crippen LogP contribution is -2.31. The summed E-state index contributed by atoms with van der Waals surface area (Å²) < 4.78 is 4.98. The smallest absolute Gasteiger partial charge is 0.245 e. The van der Waals surface area contributed by atoms with E-state index in [1.54, 1.807) is 30.7 Å². The number of aromatic nitrogens is 3. The van der Waals surface area contributed by atoms with Crippen LogP contribution in [-0.4, -0.2) is 34.6 Å². The number of thiophene rings is 1. The van der Waals surface area contributed by atoms with Crippen molar-refractivity contribution < 1.29 is 9.32 Å². The first-order valence-corrected chi connectivity index (χ1v) is 9.52. The summed E-state index contributed by atoms with van der Waals surface area (Å²) in [6.45, 7) is 4.26. The van der Waals surface area contributed by atoms with Gasteiger partial charge in [0.05, 0.1) is 11.9 Å². The summed E-state index contributed by atoms with van der Waals surface area (Å²) in [5.41, 5.74) is 1.36. The van der Waals surface area contributed by atoms with Gasteiger partial charge in [0.1, 0.15) is 22.7 Å². The predicted molar refractivity (Wildman–Crippen MR) is 102 cm³/mol. The Kier molecular flexibility index (Phi) is 4.36. The van der Waals surface area contributed by atoms with Crippen LogP contribution in [0.5, 0.6) is 0 Å². The molecule has 3 aromatic rings. The van der Waals surface area contributed by atoms with Crippen LogP contribution in [0.4, 0.5) is 11.6 Å². The van der Waals surface area contributed by atoms with Gasteiger partial charge in [0.2, 0.25) is 5.91 Å². The zero-order valence-electron chi connectivity index (χ0n) is 15.1. The van der Waals surface area contributed by atoms with E-state index < -0.39 is 0 Å². The normalized spacial score (nSPS) is 16.5. The average molecular weight is 371 g/mol. The van der Waals surface area contributed by atoms with Crippen molar-refractivity contribution >= 4 is 39.1 Å². The first-order valence-electron chi connectivity index (χ1n) is 8.71. The third kappa shape index (κ3) is 3.16. The van der Waals surface area contributed by atoms with Crippen molar-refractivity contribution in [2.75, 3.05) is 23.8 Å². The molecule has 7 nitrogen and oxygen atoms in total. The number of nitrogens with one attached hydrogen (secondary N) is 1. The van der Waals surface area contributed by atoms with Crippen molar-refractivity contribution in [3.05, 3.63) is 28.6 Å². The zero-order chi connectivity index (χ0) is 18.3. The van der Waals surface area contributed by atoms with Gasteiger partial charge in [0.25, 0.3) is 0 Å². The molecule has 3 heterocycles. The van der Waals surface area contributed by atoms with Crippen LogP contribution in [-0.2, 0) is 17.6 Å². The molecule has 1 atom stereocenters. The number of amides is 1. The second kappa shape index (κ2) is 6.68. The maximum Gasteiger partial charge on any atom is 0.245 e. The molecule has 0 saturated carbocycles. The van der Waals surface area contributed by atoms with Gasteiger partial charge in [-0.05, 0) is 37.7 Å². The average Bonchev–Trinajstić information content (AvgIpc) is 3.16. The van der Waals surface area contributed by atoms with Gasteiger partial charge in [0, 0.05) is 18.0 Å². The second-order valence-corrected chi connectivity index (χ2v) is 8.04. The van der Waals surface area contributed by atoms with Crippen LogP contribution in [0.3, 0.4) is 0 Å². The van der Waals surface area contributed by atoms with Gasteiger partial charge < -0.3 is 14.7 Å². The highest BCUT2D eigenvalue weighted by molar-refractivity contribution is 7.19. The third-order valence-electron chi connectivity index (χ3n) is 4.71. The van der Waals surface area contributed by atoms with E-state index in [9.17, 15) is 4.79 Å². The Morgan fingerprint density at radius 2 is 2.31 bits per heavy atom. The standard InChI is InChI=1S/C18H21N5O2S/c1-10-4-5-12-13(6-10)26-18-16(12)17(19-9-20-18)23(3)8-15(24)21-14-7-11(2)25-22-14/h7,9-10H,4-6,8H2,1-3H3,(H,21,22,24). The van der Waals surface area contributed by atoms with Gasteiger partial charge in [-0.3, -0.25) is 4.79 Å². The van der Waals surface area contributed by atoms with Crippen LogP contribution in [0.1, 0.15) is 29.5 Å². The lowest BCUT2D eigenvalue weighted by molar-refractivity contribution is -0.115. The summed E-state index contributed by atoms with van der Waals surface area (Å²) in [6, 6.07) is 1.69. The highest BCUT2D eigenvalue weighted by atomic mass is 32.1. The van der Waals surface area contributed by atoms with Crippen LogP contribution in [0.25, 0.3) is 10.2 Å². The number of rotatable bonds is 4. The number of hydrogen-bond acceptors (Lipinski definition) is 7. The molecule has 0 bridgehead atoms. The van der Waals surface area contributed by atoms with Gasteiger partial charge in [-0.2, -0.15) is 0 Å². The topological polar surface area (TPSA) is 84.2 Å². The summed E-state index contributed by atoms with van der Waals surface area (Å²) in [5, 5.41) is 7.64. The lowest BCUT2D eigenvalue weighted by atomic mass is 9.89. The molecule has 1 N–H and O–H groups in total. The molecule has 1 aliphatic rings. The summed E-state index contributed by atoms with van der Waals surface area (Å²) in [5.74, 6) is 2.45. The Balaban J connectivity index is 1.58. The van der Waals surface area contributed by atoms with E-state index in [0.29, 0.717) is 17.5 Å². The van der Waals surface area contributed by atoms with E-state index in [2.05, 4.69) is 27.4 Å². The van der Waals surface area contributed by atoms with Gasteiger partial charge >= 0.3 is 0 Å². The highest BCUT2D eigenvalue weighted by Crippen LogP contribution is 2.40. The van der Waals surface area contributed by atoms with Crippen molar-refractivity contribution in [1.29, 1.82) is 0 Å². The zero-order valence-corrected chi connectivity index (χ0v) is 15.9. The number of aryl methyl sites for hydroxylation is 2. The van der Waals surface area contributed by atoms with E-state index in [1.807, 2.05) is 11.9 Å². The minimum atomic E-state index is -0.162. The molecular weight excluding hydrogens is 350 g/mol.